The average molecular weight is 367 g/mol. The van der Waals surface area contributed by atoms with Gasteiger partial charge in [0.2, 0.25) is 0 Å². The van der Waals surface area contributed by atoms with Crippen LogP contribution in [0.1, 0.15) is 13.3 Å². The molecule has 7 heteroatoms. The second-order valence-electron chi connectivity index (χ2n) is 5.72. The molecular formula is C17H21NO4S2. The molecule has 0 radical (unpaired) electrons. The van der Waals surface area contributed by atoms with Crippen molar-refractivity contribution in [3.05, 3.63) is 60.7 Å². The molecule has 0 saturated heterocycles. The van der Waals surface area contributed by atoms with Gasteiger partial charge >= 0.3 is 0 Å². The third-order valence-electron chi connectivity index (χ3n) is 3.83. The largest absolute Gasteiger partial charge is 0.330 e. The van der Waals surface area contributed by atoms with Crippen LogP contribution in [0.25, 0.3) is 0 Å². The molecule has 130 valence electrons. The van der Waals surface area contributed by atoms with E-state index < -0.39 is 24.3 Å². The molecule has 0 heterocycles. The number of rotatable bonds is 7. The van der Waals surface area contributed by atoms with Crippen molar-refractivity contribution in [2.24, 2.45) is 11.7 Å². The predicted molar refractivity (Wildman–Crippen MR) is 93.9 cm³/mol. The second-order valence-corrected chi connectivity index (χ2v) is 10.3. The summed E-state index contributed by atoms with van der Waals surface area (Å²) in [6, 6.07) is 15.3. The van der Waals surface area contributed by atoms with Crippen molar-refractivity contribution in [2.75, 3.05) is 6.54 Å². The molecule has 2 rings (SSSR count). The number of benzene rings is 2. The van der Waals surface area contributed by atoms with Gasteiger partial charge in [-0.2, -0.15) is 0 Å². The van der Waals surface area contributed by atoms with Gasteiger partial charge < -0.3 is 5.73 Å². The molecule has 0 aromatic heterocycles. The first-order valence-corrected chi connectivity index (χ1v) is 10.7. The Labute approximate surface area is 143 Å². The first kappa shape index (κ1) is 18.6. The minimum Gasteiger partial charge on any atom is -0.330 e. The van der Waals surface area contributed by atoms with Crippen molar-refractivity contribution in [1.82, 2.24) is 0 Å². The van der Waals surface area contributed by atoms with Crippen molar-refractivity contribution in [3.63, 3.8) is 0 Å². The van der Waals surface area contributed by atoms with Gasteiger partial charge in [0, 0.05) is 0 Å². The predicted octanol–water partition coefficient (Wildman–Crippen LogP) is 2.25. The van der Waals surface area contributed by atoms with Crippen molar-refractivity contribution in [3.8, 4) is 0 Å². The van der Waals surface area contributed by atoms with Crippen molar-refractivity contribution < 1.29 is 16.8 Å². The maximum Gasteiger partial charge on any atom is 0.195 e. The van der Waals surface area contributed by atoms with Crippen LogP contribution in [0.2, 0.25) is 0 Å². The van der Waals surface area contributed by atoms with E-state index >= 15 is 0 Å². The summed E-state index contributed by atoms with van der Waals surface area (Å²) in [5.74, 6) is -0.244. The molecule has 0 spiro atoms. The van der Waals surface area contributed by atoms with E-state index in [1.807, 2.05) is 0 Å². The molecule has 1 atom stereocenters. The van der Waals surface area contributed by atoms with Crippen LogP contribution < -0.4 is 5.73 Å². The van der Waals surface area contributed by atoms with Crippen molar-refractivity contribution in [1.29, 1.82) is 0 Å². The van der Waals surface area contributed by atoms with Gasteiger partial charge in [-0.3, -0.25) is 0 Å². The zero-order valence-corrected chi connectivity index (χ0v) is 15.0. The lowest BCUT2D eigenvalue weighted by atomic mass is 10.1. The highest BCUT2D eigenvalue weighted by Gasteiger charge is 2.40. The lowest BCUT2D eigenvalue weighted by Crippen LogP contribution is -2.34. The van der Waals surface area contributed by atoms with Gasteiger partial charge in [0.15, 0.2) is 24.3 Å². The van der Waals surface area contributed by atoms with E-state index in [9.17, 15) is 16.8 Å². The van der Waals surface area contributed by atoms with Gasteiger partial charge in [-0.25, -0.2) is 16.8 Å². The van der Waals surface area contributed by atoms with Crippen LogP contribution in [0.4, 0.5) is 0 Å². The second kappa shape index (κ2) is 7.46. The van der Waals surface area contributed by atoms with Gasteiger partial charge in [0.25, 0.3) is 0 Å². The van der Waals surface area contributed by atoms with E-state index in [4.69, 9.17) is 5.73 Å². The molecule has 2 aromatic rings. The zero-order chi connectivity index (χ0) is 17.8. The maximum absolute atomic E-state index is 13.0. The molecule has 0 fully saturated rings. The molecular weight excluding hydrogens is 346 g/mol. The van der Waals surface area contributed by atoms with Crippen LogP contribution in [-0.4, -0.2) is 28.0 Å². The van der Waals surface area contributed by atoms with Crippen LogP contribution >= 0.6 is 0 Å². The van der Waals surface area contributed by atoms with Crippen LogP contribution in [0.15, 0.2) is 70.5 Å². The summed E-state index contributed by atoms with van der Waals surface area (Å²) in [5.41, 5.74) is 5.59. The van der Waals surface area contributed by atoms with E-state index in [1.54, 1.807) is 43.3 Å². The SMILES string of the molecule is CC(CN)CC(S(=O)(=O)c1ccccc1)S(=O)(=O)c1ccccc1. The summed E-state index contributed by atoms with van der Waals surface area (Å²) in [6.45, 7) is 1.96. The number of sulfone groups is 2. The van der Waals surface area contributed by atoms with Gasteiger partial charge in [-0.1, -0.05) is 43.3 Å². The van der Waals surface area contributed by atoms with E-state index in [0.29, 0.717) is 0 Å². The topological polar surface area (TPSA) is 94.3 Å². The normalized spacial score (nSPS) is 13.8. The van der Waals surface area contributed by atoms with Gasteiger partial charge in [-0.15, -0.1) is 0 Å². The third kappa shape index (κ3) is 3.85. The Hall–Kier alpha value is -1.70. The lowest BCUT2D eigenvalue weighted by molar-refractivity contribution is 0.523. The lowest BCUT2D eigenvalue weighted by Gasteiger charge is -2.21. The Morgan fingerprint density at radius 2 is 1.17 bits per heavy atom. The van der Waals surface area contributed by atoms with Crippen LogP contribution in [0.3, 0.4) is 0 Å². The standard InChI is InChI=1S/C17H21NO4S2/c1-14(13-18)12-17(23(19,20)15-8-4-2-5-9-15)24(21,22)16-10-6-3-7-11-16/h2-11,14,17H,12-13,18H2,1H3. The molecule has 24 heavy (non-hydrogen) atoms. The average Bonchev–Trinajstić information content (AvgIpc) is 2.60. The molecule has 2 N–H and O–H groups in total. The highest BCUT2D eigenvalue weighted by molar-refractivity contribution is 8.09. The first-order valence-electron chi connectivity index (χ1n) is 7.58. The summed E-state index contributed by atoms with van der Waals surface area (Å²) in [4.78, 5) is -0.00236. The fourth-order valence-electron chi connectivity index (χ4n) is 2.37. The fraction of sp³-hybridized carbons (Fsp3) is 0.294. The van der Waals surface area contributed by atoms with E-state index in [1.165, 1.54) is 24.3 Å². The molecule has 0 amide bonds. The number of nitrogens with two attached hydrogens (primary N) is 1. The van der Waals surface area contributed by atoms with Crippen LogP contribution in [0.5, 0.6) is 0 Å². The van der Waals surface area contributed by atoms with Crippen LogP contribution in [0, 0.1) is 5.92 Å². The smallest absolute Gasteiger partial charge is 0.195 e. The zero-order valence-electron chi connectivity index (χ0n) is 13.4. The molecule has 0 aliphatic rings. The molecule has 0 aliphatic heterocycles. The van der Waals surface area contributed by atoms with E-state index in [2.05, 4.69) is 0 Å². The molecule has 0 saturated carbocycles. The maximum atomic E-state index is 13.0. The van der Waals surface area contributed by atoms with Crippen molar-refractivity contribution in [2.45, 2.75) is 27.7 Å². The Kier molecular flexibility index (Phi) is 5.79. The molecule has 1 unspecified atom stereocenters. The van der Waals surface area contributed by atoms with E-state index in [-0.39, 0.29) is 28.7 Å². The molecule has 0 aliphatic carbocycles. The summed E-state index contributed by atoms with van der Waals surface area (Å²) in [6.07, 6.45) is -0.0506. The number of hydrogen-bond acceptors (Lipinski definition) is 5. The van der Waals surface area contributed by atoms with Gasteiger partial charge in [0.1, 0.15) is 0 Å². The van der Waals surface area contributed by atoms with Crippen molar-refractivity contribution >= 4 is 19.7 Å². The quantitative estimate of drug-likeness (QED) is 0.810. The highest BCUT2D eigenvalue weighted by Crippen LogP contribution is 2.29. The Morgan fingerprint density at radius 1 is 0.792 bits per heavy atom. The fourth-order valence-corrected chi connectivity index (χ4v) is 7.21. The summed E-state index contributed by atoms with van der Waals surface area (Å²) < 4.78 is 50.4. The molecule has 2 aromatic carbocycles. The summed E-state index contributed by atoms with van der Waals surface area (Å²) >= 11 is 0. The summed E-state index contributed by atoms with van der Waals surface area (Å²) in [7, 11) is -8.11. The van der Waals surface area contributed by atoms with Crippen LogP contribution in [-0.2, 0) is 19.7 Å². The monoisotopic (exact) mass is 367 g/mol. The molecule has 0 bridgehead atoms. The minimum absolute atomic E-state index is 0.00118. The first-order chi connectivity index (χ1) is 11.3. The Balaban J connectivity index is 2.58. The molecule has 5 nitrogen and oxygen atoms in total. The Morgan fingerprint density at radius 3 is 1.50 bits per heavy atom. The highest BCUT2D eigenvalue weighted by atomic mass is 32.3. The third-order valence-corrected chi connectivity index (χ3v) is 8.98. The Bertz CT molecular complexity index is 794. The summed E-state index contributed by atoms with van der Waals surface area (Å²) in [5, 5.41) is 0. The minimum atomic E-state index is -4.06. The number of hydrogen-bond donors (Lipinski definition) is 1. The van der Waals surface area contributed by atoms with Gasteiger partial charge in [-0.05, 0) is 43.1 Å². The van der Waals surface area contributed by atoms with E-state index in [0.717, 1.165) is 0 Å². The van der Waals surface area contributed by atoms with Gasteiger partial charge in [0.05, 0.1) is 9.79 Å².